The lowest BCUT2D eigenvalue weighted by Gasteiger charge is -2.00. The standard InChI is InChI=1S/C10H15NO/c1-6(2)10-5-7-8(11)3-4-9(7)12-10/h5-6,8H,3-4,11H2,1-2H3. The molecule has 0 saturated carbocycles. The molecule has 1 aliphatic rings. The first-order chi connectivity index (χ1) is 5.68. The van der Waals surface area contributed by atoms with Gasteiger partial charge in [-0.2, -0.15) is 0 Å². The van der Waals surface area contributed by atoms with Gasteiger partial charge in [-0.05, 0) is 12.5 Å². The van der Waals surface area contributed by atoms with Crippen molar-refractivity contribution < 1.29 is 4.42 Å². The zero-order valence-electron chi connectivity index (χ0n) is 7.63. The lowest BCUT2D eigenvalue weighted by molar-refractivity contribution is 0.450. The summed E-state index contributed by atoms with van der Waals surface area (Å²) in [6.07, 6.45) is 2.07. The molecule has 1 aliphatic carbocycles. The highest BCUT2D eigenvalue weighted by Gasteiger charge is 2.24. The van der Waals surface area contributed by atoms with Crippen molar-refractivity contribution in [2.45, 2.75) is 38.6 Å². The zero-order valence-corrected chi connectivity index (χ0v) is 7.63. The maximum atomic E-state index is 5.90. The van der Waals surface area contributed by atoms with E-state index >= 15 is 0 Å². The molecule has 2 rings (SSSR count). The lowest BCUT2D eigenvalue weighted by atomic mass is 10.1. The predicted octanol–water partition coefficient (Wildman–Crippen LogP) is 2.35. The first kappa shape index (κ1) is 7.87. The maximum absolute atomic E-state index is 5.90. The van der Waals surface area contributed by atoms with Gasteiger partial charge in [0.2, 0.25) is 0 Å². The van der Waals surface area contributed by atoms with Crippen molar-refractivity contribution in [3.8, 4) is 0 Å². The van der Waals surface area contributed by atoms with E-state index in [4.69, 9.17) is 10.2 Å². The number of rotatable bonds is 1. The second-order valence-electron chi connectivity index (χ2n) is 3.83. The fourth-order valence-electron chi connectivity index (χ4n) is 1.70. The van der Waals surface area contributed by atoms with Gasteiger partial charge in [-0.15, -0.1) is 0 Å². The van der Waals surface area contributed by atoms with E-state index < -0.39 is 0 Å². The van der Waals surface area contributed by atoms with E-state index in [0.717, 1.165) is 24.4 Å². The van der Waals surface area contributed by atoms with E-state index in [1.54, 1.807) is 0 Å². The molecule has 0 amide bonds. The molecule has 0 aromatic carbocycles. The van der Waals surface area contributed by atoms with Crippen LogP contribution in [0.4, 0.5) is 0 Å². The van der Waals surface area contributed by atoms with Crippen molar-refractivity contribution in [2.75, 3.05) is 0 Å². The zero-order chi connectivity index (χ0) is 8.72. The highest BCUT2D eigenvalue weighted by molar-refractivity contribution is 5.30. The Balaban J connectivity index is 2.36. The average molecular weight is 165 g/mol. The molecule has 0 fully saturated rings. The van der Waals surface area contributed by atoms with Crippen LogP contribution in [0.15, 0.2) is 10.5 Å². The number of hydrogen-bond donors (Lipinski definition) is 1. The molecule has 1 aromatic rings. The fourth-order valence-corrected chi connectivity index (χ4v) is 1.70. The number of aryl methyl sites for hydroxylation is 1. The first-order valence-electron chi connectivity index (χ1n) is 4.56. The van der Waals surface area contributed by atoms with E-state index in [0.29, 0.717) is 5.92 Å². The summed E-state index contributed by atoms with van der Waals surface area (Å²) < 4.78 is 5.68. The lowest BCUT2D eigenvalue weighted by Crippen LogP contribution is -2.04. The monoisotopic (exact) mass is 165 g/mol. The Labute approximate surface area is 72.7 Å². The topological polar surface area (TPSA) is 39.2 Å². The Morgan fingerprint density at radius 3 is 2.92 bits per heavy atom. The van der Waals surface area contributed by atoms with Gasteiger partial charge >= 0.3 is 0 Å². The predicted molar refractivity (Wildman–Crippen MR) is 48.0 cm³/mol. The number of nitrogens with two attached hydrogens (primary N) is 1. The van der Waals surface area contributed by atoms with Crippen molar-refractivity contribution in [1.29, 1.82) is 0 Å². The quantitative estimate of drug-likeness (QED) is 0.693. The van der Waals surface area contributed by atoms with Gasteiger partial charge in [0, 0.05) is 23.9 Å². The Morgan fingerprint density at radius 1 is 1.58 bits per heavy atom. The minimum atomic E-state index is 0.219. The molecule has 0 saturated heterocycles. The van der Waals surface area contributed by atoms with Gasteiger partial charge in [0.1, 0.15) is 11.5 Å². The summed E-state index contributed by atoms with van der Waals surface area (Å²) in [5.74, 6) is 2.67. The number of fused-ring (bicyclic) bond motifs is 1. The van der Waals surface area contributed by atoms with Crippen LogP contribution in [0.2, 0.25) is 0 Å². The molecule has 2 N–H and O–H groups in total. The van der Waals surface area contributed by atoms with Crippen molar-refractivity contribution >= 4 is 0 Å². The van der Waals surface area contributed by atoms with Gasteiger partial charge in [-0.3, -0.25) is 0 Å². The van der Waals surface area contributed by atoms with Crippen molar-refractivity contribution in [3.63, 3.8) is 0 Å². The van der Waals surface area contributed by atoms with E-state index in [-0.39, 0.29) is 6.04 Å². The summed E-state index contributed by atoms with van der Waals surface area (Å²) in [5.41, 5.74) is 7.13. The van der Waals surface area contributed by atoms with Gasteiger partial charge in [-0.1, -0.05) is 13.8 Å². The van der Waals surface area contributed by atoms with Gasteiger partial charge < -0.3 is 10.2 Å². The molecule has 0 radical (unpaired) electrons. The molecule has 0 bridgehead atoms. The van der Waals surface area contributed by atoms with Gasteiger partial charge in [0.15, 0.2) is 0 Å². The molecule has 2 nitrogen and oxygen atoms in total. The summed E-state index contributed by atoms with van der Waals surface area (Å²) in [7, 11) is 0. The molecular formula is C10H15NO. The summed E-state index contributed by atoms with van der Waals surface area (Å²) in [6, 6.07) is 2.34. The molecule has 0 spiro atoms. The molecule has 1 atom stereocenters. The SMILES string of the molecule is CC(C)c1cc2c(o1)CCC2N. The second kappa shape index (κ2) is 2.63. The van der Waals surface area contributed by atoms with Crippen LogP contribution < -0.4 is 5.73 Å². The van der Waals surface area contributed by atoms with Crippen molar-refractivity contribution in [1.82, 2.24) is 0 Å². The number of hydrogen-bond acceptors (Lipinski definition) is 2. The van der Waals surface area contributed by atoms with Crippen LogP contribution >= 0.6 is 0 Å². The van der Waals surface area contributed by atoms with E-state index in [1.165, 1.54) is 5.56 Å². The van der Waals surface area contributed by atoms with Gasteiger partial charge in [0.25, 0.3) is 0 Å². The van der Waals surface area contributed by atoms with Gasteiger partial charge in [0.05, 0.1) is 0 Å². The fraction of sp³-hybridized carbons (Fsp3) is 0.600. The Morgan fingerprint density at radius 2 is 2.33 bits per heavy atom. The van der Waals surface area contributed by atoms with E-state index in [9.17, 15) is 0 Å². The Bertz CT molecular complexity index is 288. The van der Waals surface area contributed by atoms with Crippen LogP contribution in [0.25, 0.3) is 0 Å². The largest absolute Gasteiger partial charge is 0.465 e. The average Bonchev–Trinajstić information content (AvgIpc) is 2.53. The van der Waals surface area contributed by atoms with Crippen LogP contribution in [0, 0.1) is 0 Å². The summed E-state index contributed by atoms with van der Waals surface area (Å²) in [4.78, 5) is 0. The highest BCUT2D eigenvalue weighted by Crippen LogP contribution is 2.34. The van der Waals surface area contributed by atoms with Crippen molar-refractivity contribution in [2.24, 2.45) is 5.73 Å². The van der Waals surface area contributed by atoms with Crippen LogP contribution in [0.3, 0.4) is 0 Å². The normalized spacial score (nSPS) is 21.8. The number of furan rings is 1. The van der Waals surface area contributed by atoms with Gasteiger partial charge in [-0.25, -0.2) is 0 Å². The molecule has 1 heterocycles. The minimum Gasteiger partial charge on any atom is -0.465 e. The maximum Gasteiger partial charge on any atom is 0.109 e. The van der Waals surface area contributed by atoms with Crippen LogP contribution in [0.5, 0.6) is 0 Å². The van der Waals surface area contributed by atoms with E-state index in [2.05, 4.69) is 19.9 Å². The van der Waals surface area contributed by atoms with E-state index in [1.807, 2.05) is 0 Å². The Kier molecular flexibility index (Phi) is 1.72. The smallest absolute Gasteiger partial charge is 0.109 e. The third-order valence-corrected chi connectivity index (χ3v) is 2.51. The molecule has 66 valence electrons. The third kappa shape index (κ3) is 1.07. The molecule has 1 aromatic heterocycles. The third-order valence-electron chi connectivity index (χ3n) is 2.51. The molecule has 0 aliphatic heterocycles. The van der Waals surface area contributed by atoms with Crippen LogP contribution in [0.1, 0.15) is 49.3 Å². The second-order valence-corrected chi connectivity index (χ2v) is 3.83. The summed E-state index contributed by atoms with van der Waals surface area (Å²) in [5, 5.41) is 0. The minimum absolute atomic E-state index is 0.219. The summed E-state index contributed by atoms with van der Waals surface area (Å²) in [6.45, 7) is 4.28. The summed E-state index contributed by atoms with van der Waals surface area (Å²) >= 11 is 0. The van der Waals surface area contributed by atoms with Crippen LogP contribution in [-0.2, 0) is 6.42 Å². The molecule has 1 unspecified atom stereocenters. The molecule has 12 heavy (non-hydrogen) atoms. The molecule has 2 heteroatoms. The Hall–Kier alpha value is -0.760. The molecular weight excluding hydrogens is 150 g/mol. The van der Waals surface area contributed by atoms with Crippen molar-refractivity contribution in [3.05, 3.63) is 23.2 Å². The van der Waals surface area contributed by atoms with Crippen LogP contribution in [-0.4, -0.2) is 0 Å². The highest BCUT2D eigenvalue weighted by atomic mass is 16.3. The first-order valence-corrected chi connectivity index (χ1v) is 4.56.